The molecule has 1 unspecified atom stereocenters. The molecule has 2 nitrogen and oxygen atoms in total. The van der Waals surface area contributed by atoms with Crippen LogP contribution in [0.2, 0.25) is 15.1 Å². The standard InChI is InChI=1S/C21H22Cl3NO/c1-2-3-4-12-7-13(20-17(23)9-14(22)10-18(20)24)8-15-16-11-25-6-5-19(16)26-21(12)15/h7-10,16,19,25H,2-6,11H2,1H3/t16-,19?/m0/s1. The monoisotopic (exact) mass is 409 g/mol. The minimum absolute atomic E-state index is 0.276. The first-order valence-electron chi connectivity index (χ1n) is 9.27. The molecule has 0 spiro atoms. The number of unbranched alkanes of at least 4 members (excludes halogenated alkanes) is 1. The number of ether oxygens (including phenoxy) is 1. The van der Waals surface area contributed by atoms with Crippen molar-refractivity contribution in [2.24, 2.45) is 0 Å². The Labute approximate surface area is 169 Å². The molecule has 26 heavy (non-hydrogen) atoms. The molecule has 1 fully saturated rings. The molecule has 0 aromatic heterocycles. The van der Waals surface area contributed by atoms with E-state index in [-0.39, 0.29) is 6.10 Å². The molecule has 0 saturated carbocycles. The van der Waals surface area contributed by atoms with Crippen molar-refractivity contribution in [2.75, 3.05) is 13.1 Å². The van der Waals surface area contributed by atoms with Crippen LogP contribution < -0.4 is 10.1 Å². The predicted octanol–water partition coefficient (Wildman–Crippen LogP) is 6.49. The molecule has 2 aliphatic rings. The molecular weight excluding hydrogens is 389 g/mol. The topological polar surface area (TPSA) is 21.3 Å². The Morgan fingerprint density at radius 1 is 1.12 bits per heavy atom. The van der Waals surface area contributed by atoms with Crippen LogP contribution >= 0.6 is 34.8 Å². The van der Waals surface area contributed by atoms with E-state index in [0.29, 0.717) is 21.0 Å². The van der Waals surface area contributed by atoms with E-state index in [0.717, 1.165) is 55.6 Å². The number of hydrogen-bond donors (Lipinski definition) is 1. The fourth-order valence-electron chi connectivity index (χ4n) is 4.08. The lowest BCUT2D eigenvalue weighted by atomic mass is 9.87. The molecule has 0 aliphatic carbocycles. The average Bonchev–Trinajstić information content (AvgIpc) is 2.98. The van der Waals surface area contributed by atoms with Crippen LogP contribution in [0, 0.1) is 0 Å². The molecule has 0 amide bonds. The summed E-state index contributed by atoms with van der Waals surface area (Å²) in [6, 6.07) is 7.92. The smallest absolute Gasteiger partial charge is 0.126 e. The number of piperidine rings is 1. The summed E-state index contributed by atoms with van der Waals surface area (Å²) in [5.41, 5.74) is 4.45. The Morgan fingerprint density at radius 3 is 2.62 bits per heavy atom. The van der Waals surface area contributed by atoms with Crippen LogP contribution in [0.5, 0.6) is 5.75 Å². The van der Waals surface area contributed by atoms with E-state index in [1.807, 2.05) is 0 Å². The highest BCUT2D eigenvalue weighted by Crippen LogP contribution is 2.47. The van der Waals surface area contributed by atoms with Gasteiger partial charge in [0.25, 0.3) is 0 Å². The van der Waals surface area contributed by atoms with E-state index in [2.05, 4.69) is 24.4 Å². The van der Waals surface area contributed by atoms with Crippen LogP contribution in [-0.2, 0) is 6.42 Å². The van der Waals surface area contributed by atoms with Gasteiger partial charge in [-0.25, -0.2) is 0 Å². The molecule has 1 N–H and O–H groups in total. The van der Waals surface area contributed by atoms with Crippen LogP contribution in [0.25, 0.3) is 11.1 Å². The molecule has 1 saturated heterocycles. The molecule has 2 aliphatic heterocycles. The molecule has 5 heteroatoms. The molecule has 2 heterocycles. The number of halogens is 3. The Morgan fingerprint density at radius 2 is 1.88 bits per heavy atom. The minimum Gasteiger partial charge on any atom is -0.489 e. The van der Waals surface area contributed by atoms with Gasteiger partial charge in [-0.3, -0.25) is 0 Å². The zero-order valence-corrected chi connectivity index (χ0v) is 17.0. The Bertz CT molecular complexity index is 813. The zero-order chi connectivity index (χ0) is 18.3. The van der Waals surface area contributed by atoms with Gasteiger partial charge in [0, 0.05) is 28.6 Å². The lowest BCUT2D eigenvalue weighted by Gasteiger charge is -2.25. The van der Waals surface area contributed by atoms with E-state index in [1.54, 1.807) is 12.1 Å². The number of fused-ring (bicyclic) bond motifs is 3. The van der Waals surface area contributed by atoms with Crippen LogP contribution in [-0.4, -0.2) is 19.2 Å². The van der Waals surface area contributed by atoms with Crippen molar-refractivity contribution in [3.8, 4) is 16.9 Å². The normalized spacial score (nSPS) is 21.2. The number of benzene rings is 2. The van der Waals surface area contributed by atoms with Gasteiger partial charge in [-0.15, -0.1) is 0 Å². The fourth-order valence-corrected chi connectivity index (χ4v) is 5.12. The summed E-state index contributed by atoms with van der Waals surface area (Å²) in [7, 11) is 0. The van der Waals surface area contributed by atoms with Gasteiger partial charge in [0.2, 0.25) is 0 Å². The molecule has 4 rings (SSSR count). The summed E-state index contributed by atoms with van der Waals surface area (Å²) in [5, 5.41) is 5.22. The van der Waals surface area contributed by atoms with Crippen LogP contribution in [0.15, 0.2) is 24.3 Å². The van der Waals surface area contributed by atoms with E-state index in [4.69, 9.17) is 39.5 Å². The third-order valence-electron chi connectivity index (χ3n) is 5.38. The first-order chi connectivity index (χ1) is 12.6. The molecule has 0 radical (unpaired) electrons. The van der Waals surface area contributed by atoms with Crippen LogP contribution in [0.3, 0.4) is 0 Å². The molecule has 2 aromatic carbocycles. The molecule has 0 bridgehead atoms. The Kier molecular flexibility index (Phi) is 5.38. The van der Waals surface area contributed by atoms with E-state index in [1.165, 1.54) is 11.1 Å². The second-order valence-corrected chi connectivity index (χ2v) is 8.41. The lowest BCUT2D eigenvalue weighted by Crippen LogP contribution is -2.37. The van der Waals surface area contributed by atoms with Gasteiger partial charge >= 0.3 is 0 Å². The highest BCUT2D eigenvalue weighted by atomic mass is 35.5. The summed E-state index contributed by atoms with van der Waals surface area (Å²) >= 11 is 19.1. The van der Waals surface area contributed by atoms with Crippen molar-refractivity contribution in [3.63, 3.8) is 0 Å². The van der Waals surface area contributed by atoms with Crippen molar-refractivity contribution in [3.05, 3.63) is 50.5 Å². The Hall–Kier alpha value is -0.930. The largest absolute Gasteiger partial charge is 0.489 e. The van der Waals surface area contributed by atoms with Crippen molar-refractivity contribution >= 4 is 34.8 Å². The van der Waals surface area contributed by atoms with Crippen molar-refractivity contribution in [1.29, 1.82) is 0 Å². The van der Waals surface area contributed by atoms with Crippen LogP contribution in [0.4, 0.5) is 0 Å². The van der Waals surface area contributed by atoms with Gasteiger partial charge in [-0.05, 0) is 61.2 Å². The highest BCUT2D eigenvalue weighted by Gasteiger charge is 2.37. The first-order valence-corrected chi connectivity index (χ1v) is 10.4. The van der Waals surface area contributed by atoms with Crippen molar-refractivity contribution in [1.82, 2.24) is 5.32 Å². The van der Waals surface area contributed by atoms with Gasteiger partial charge < -0.3 is 10.1 Å². The van der Waals surface area contributed by atoms with Crippen LogP contribution in [0.1, 0.15) is 43.2 Å². The van der Waals surface area contributed by atoms with Gasteiger partial charge in [0.1, 0.15) is 11.9 Å². The summed E-state index contributed by atoms with van der Waals surface area (Å²) in [5.74, 6) is 1.48. The maximum Gasteiger partial charge on any atom is 0.126 e. The second-order valence-electron chi connectivity index (χ2n) is 7.16. The molecule has 2 aromatic rings. The second kappa shape index (κ2) is 7.59. The molecule has 138 valence electrons. The molecule has 2 atom stereocenters. The number of aryl methyl sites for hydroxylation is 1. The van der Waals surface area contributed by atoms with Crippen molar-refractivity contribution < 1.29 is 4.74 Å². The van der Waals surface area contributed by atoms with Gasteiger partial charge in [0.05, 0.1) is 10.0 Å². The van der Waals surface area contributed by atoms with Crippen molar-refractivity contribution in [2.45, 2.75) is 44.6 Å². The highest BCUT2D eigenvalue weighted by molar-refractivity contribution is 6.41. The van der Waals surface area contributed by atoms with E-state index >= 15 is 0 Å². The van der Waals surface area contributed by atoms with E-state index in [9.17, 15) is 0 Å². The maximum atomic E-state index is 6.50. The number of hydrogen-bond acceptors (Lipinski definition) is 2. The third kappa shape index (κ3) is 3.33. The van der Waals surface area contributed by atoms with Gasteiger partial charge in [-0.2, -0.15) is 0 Å². The van der Waals surface area contributed by atoms with Gasteiger partial charge in [0.15, 0.2) is 0 Å². The Balaban J connectivity index is 1.85. The SMILES string of the molecule is CCCCc1cc(-c2c(Cl)cc(Cl)cc2Cl)cc2c1OC1CCNC[C@@H]21. The minimum atomic E-state index is 0.276. The summed E-state index contributed by atoms with van der Waals surface area (Å²) in [4.78, 5) is 0. The fraction of sp³-hybridized carbons (Fsp3) is 0.429. The predicted molar refractivity (Wildman–Crippen MR) is 110 cm³/mol. The number of nitrogens with one attached hydrogen (secondary N) is 1. The first kappa shape index (κ1) is 18.4. The lowest BCUT2D eigenvalue weighted by molar-refractivity contribution is 0.171. The summed E-state index contributed by atoms with van der Waals surface area (Å²) < 4.78 is 6.38. The third-order valence-corrected chi connectivity index (χ3v) is 6.19. The number of rotatable bonds is 4. The maximum absolute atomic E-state index is 6.50. The quantitative estimate of drug-likeness (QED) is 0.621. The van der Waals surface area contributed by atoms with E-state index < -0.39 is 0 Å². The van der Waals surface area contributed by atoms with Gasteiger partial charge in [-0.1, -0.05) is 48.1 Å². The average molecular weight is 411 g/mol. The summed E-state index contributed by atoms with van der Waals surface area (Å²) in [6.07, 6.45) is 4.61. The molecular formula is C21H22Cl3NO. The zero-order valence-electron chi connectivity index (χ0n) is 14.7. The summed E-state index contributed by atoms with van der Waals surface area (Å²) in [6.45, 7) is 4.18.